The summed E-state index contributed by atoms with van der Waals surface area (Å²) in [6.45, 7) is 4.95. The van der Waals surface area contributed by atoms with Gasteiger partial charge in [0.2, 0.25) is 5.91 Å². The molecule has 0 heterocycles. The number of carbonyl (C=O) groups excluding carboxylic acids is 2. The monoisotopic (exact) mass is 1140 g/mol. The highest BCUT2D eigenvalue weighted by Crippen LogP contribution is 2.18. The maximum absolute atomic E-state index is 12.5. The molecule has 0 rings (SSSR count). The number of aliphatic hydroxyl groups is 2. The molecule has 6 nitrogen and oxygen atoms in total. The number of carbonyl (C=O) groups is 2. The molecule has 1 amide bonds. The number of esters is 1. The average Bonchev–Trinajstić information content (AvgIpc) is 3.47. The van der Waals surface area contributed by atoms with Gasteiger partial charge in [-0.2, -0.15) is 0 Å². The van der Waals surface area contributed by atoms with Crippen LogP contribution in [0.4, 0.5) is 0 Å². The van der Waals surface area contributed by atoms with Gasteiger partial charge in [-0.25, -0.2) is 0 Å². The Morgan fingerprint density at radius 3 is 0.963 bits per heavy atom. The van der Waals surface area contributed by atoms with E-state index in [1.807, 2.05) is 0 Å². The number of hydrogen-bond donors (Lipinski definition) is 3. The molecule has 0 aromatic heterocycles. The van der Waals surface area contributed by atoms with Crippen molar-refractivity contribution < 1.29 is 24.5 Å². The van der Waals surface area contributed by atoms with Crippen molar-refractivity contribution in [1.29, 1.82) is 0 Å². The van der Waals surface area contributed by atoms with E-state index in [0.29, 0.717) is 25.9 Å². The summed E-state index contributed by atoms with van der Waals surface area (Å²) in [5.41, 5.74) is 0. The minimum absolute atomic E-state index is 0.00657. The largest absolute Gasteiger partial charge is 0.466 e. The fourth-order valence-corrected chi connectivity index (χ4v) is 11.3. The lowest BCUT2D eigenvalue weighted by Crippen LogP contribution is -2.45. The molecular formula is C75H141NO5. The van der Waals surface area contributed by atoms with Crippen molar-refractivity contribution in [3.8, 4) is 0 Å². The number of unbranched alkanes of at least 4 members (excludes halogenated alkanes) is 49. The van der Waals surface area contributed by atoms with E-state index >= 15 is 0 Å². The first kappa shape index (κ1) is 78.8. The zero-order valence-corrected chi connectivity index (χ0v) is 54.5. The summed E-state index contributed by atoms with van der Waals surface area (Å²) in [5, 5.41) is 23.3. The van der Waals surface area contributed by atoms with E-state index in [4.69, 9.17) is 4.74 Å². The van der Waals surface area contributed by atoms with Gasteiger partial charge in [-0.05, 0) is 89.9 Å². The van der Waals surface area contributed by atoms with E-state index in [1.54, 1.807) is 0 Å². The molecule has 0 saturated heterocycles. The molecule has 0 aliphatic rings. The summed E-state index contributed by atoms with van der Waals surface area (Å²) in [6.07, 6.45) is 91.7. The van der Waals surface area contributed by atoms with Gasteiger partial charge >= 0.3 is 5.97 Å². The molecule has 0 spiro atoms. The summed E-state index contributed by atoms with van der Waals surface area (Å²) in [4.78, 5) is 24.6. The molecule has 81 heavy (non-hydrogen) atoms. The molecule has 476 valence electrons. The van der Waals surface area contributed by atoms with Gasteiger partial charge in [0.25, 0.3) is 0 Å². The fourth-order valence-electron chi connectivity index (χ4n) is 11.3. The minimum Gasteiger partial charge on any atom is -0.466 e. The Kier molecular flexibility index (Phi) is 68.4. The van der Waals surface area contributed by atoms with E-state index in [-0.39, 0.29) is 18.5 Å². The molecule has 0 fully saturated rings. The summed E-state index contributed by atoms with van der Waals surface area (Å²) in [6, 6.07) is -0.540. The zero-order chi connectivity index (χ0) is 58.5. The molecule has 2 unspecified atom stereocenters. The predicted molar refractivity (Wildman–Crippen MR) is 356 cm³/mol. The maximum atomic E-state index is 12.5. The Bertz CT molecular complexity index is 1360. The van der Waals surface area contributed by atoms with E-state index in [1.165, 1.54) is 302 Å². The summed E-state index contributed by atoms with van der Waals surface area (Å²) in [7, 11) is 0. The van der Waals surface area contributed by atoms with Crippen LogP contribution in [0.1, 0.15) is 393 Å². The molecule has 0 radical (unpaired) electrons. The molecule has 0 saturated carbocycles. The zero-order valence-electron chi connectivity index (χ0n) is 54.5. The number of ether oxygens (including phenoxy) is 1. The van der Waals surface area contributed by atoms with E-state index in [2.05, 4.69) is 67.8 Å². The molecule has 0 aliphatic carbocycles. The molecule has 3 N–H and O–H groups in total. The lowest BCUT2D eigenvalue weighted by Gasteiger charge is -2.22. The predicted octanol–water partition coefficient (Wildman–Crippen LogP) is 23.6. The van der Waals surface area contributed by atoms with Gasteiger partial charge < -0.3 is 20.3 Å². The second kappa shape index (κ2) is 70.3. The summed E-state index contributed by atoms with van der Waals surface area (Å²) < 4.78 is 5.49. The van der Waals surface area contributed by atoms with Crippen molar-refractivity contribution in [2.45, 2.75) is 405 Å². The van der Waals surface area contributed by atoms with Crippen LogP contribution in [0.3, 0.4) is 0 Å². The molecule has 0 aromatic rings. The minimum atomic E-state index is -0.663. The van der Waals surface area contributed by atoms with Gasteiger partial charge in [0, 0.05) is 12.8 Å². The number of amides is 1. The van der Waals surface area contributed by atoms with Crippen molar-refractivity contribution in [3.63, 3.8) is 0 Å². The summed E-state index contributed by atoms with van der Waals surface area (Å²) >= 11 is 0. The quantitative estimate of drug-likeness (QED) is 0.0320. The number of rotatable bonds is 68. The van der Waals surface area contributed by atoms with Gasteiger partial charge in [-0.1, -0.05) is 339 Å². The standard InChI is InChI=1S/C75H141NO5/c1-3-5-7-9-11-13-15-17-19-37-41-45-49-53-57-61-65-69-75(80)81-70-66-62-58-54-50-46-42-39-36-34-32-30-28-26-24-22-20-21-23-25-27-29-31-33-35-38-40-44-48-52-56-60-64-68-74(79)76-72(71-77)73(78)67-63-59-55-51-47-43-18-16-14-12-10-8-6-4-2/h11,13,17,19,24,26,30,32,72-73,77-78H,3-10,12,14-16,18,20-23,25,27-29,31,33-71H2,1-2H3,(H,76,79)/b13-11-,19-17-,26-24-,32-30-. The first-order valence-electron chi connectivity index (χ1n) is 36.4. The van der Waals surface area contributed by atoms with Gasteiger partial charge in [-0.3, -0.25) is 9.59 Å². The third-order valence-electron chi connectivity index (χ3n) is 16.9. The van der Waals surface area contributed by atoms with Crippen LogP contribution in [0.25, 0.3) is 0 Å². The van der Waals surface area contributed by atoms with Crippen molar-refractivity contribution >= 4 is 11.9 Å². The second-order valence-corrected chi connectivity index (χ2v) is 24.9. The van der Waals surface area contributed by atoms with Crippen molar-refractivity contribution in [2.24, 2.45) is 0 Å². The Labute approximate surface area is 506 Å². The lowest BCUT2D eigenvalue weighted by molar-refractivity contribution is -0.143. The van der Waals surface area contributed by atoms with Gasteiger partial charge in [0.05, 0.1) is 25.4 Å². The van der Waals surface area contributed by atoms with Crippen LogP contribution in [-0.2, 0) is 14.3 Å². The third kappa shape index (κ3) is 66.8. The molecule has 6 heteroatoms. The van der Waals surface area contributed by atoms with Crippen molar-refractivity contribution in [3.05, 3.63) is 48.6 Å². The highest BCUT2D eigenvalue weighted by molar-refractivity contribution is 5.76. The number of allylic oxidation sites excluding steroid dienone is 8. The van der Waals surface area contributed by atoms with Crippen LogP contribution in [-0.4, -0.2) is 47.4 Å². The molecule has 0 aromatic carbocycles. The third-order valence-corrected chi connectivity index (χ3v) is 16.9. The van der Waals surface area contributed by atoms with Gasteiger partial charge in [0.15, 0.2) is 0 Å². The number of nitrogens with one attached hydrogen (secondary N) is 1. The highest BCUT2D eigenvalue weighted by atomic mass is 16.5. The smallest absolute Gasteiger partial charge is 0.305 e. The summed E-state index contributed by atoms with van der Waals surface area (Å²) in [5.74, 6) is -0.0246. The Hall–Kier alpha value is -2.18. The van der Waals surface area contributed by atoms with Crippen LogP contribution in [0, 0.1) is 0 Å². The van der Waals surface area contributed by atoms with E-state index in [9.17, 15) is 19.8 Å². The average molecular weight is 1140 g/mol. The van der Waals surface area contributed by atoms with Crippen molar-refractivity contribution in [2.75, 3.05) is 13.2 Å². The van der Waals surface area contributed by atoms with Crippen LogP contribution in [0.15, 0.2) is 48.6 Å². The SMILES string of the molecule is CCCCC/C=C\C/C=C\CCCCCCCCCC(=O)OCCCCCCCCCCC/C=C\C/C=C\CCCCCCCCCCCCCCCCCCCC(=O)NC(CO)C(O)CCCCCCCCCCCCCCCC. The lowest BCUT2D eigenvalue weighted by atomic mass is 10.0. The normalized spacial score (nSPS) is 12.8. The number of hydrogen-bond acceptors (Lipinski definition) is 5. The van der Waals surface area contributed by atoms with Crippen LogP contribution in [0.2, 0.25) is 0 Å². The first-order chi connectivity index (χ1) is 40.0. The topological polar surface area (TPSA) is 95.9 Å². The van der Waals surface area contributed by atoms with Gasteiger partial charge in [0.1, 0.15) is 0 Å². The molecule has 0 aliphatic heterocycles. The Balaban J connectivity index is 3.37. The maximum Gasteiger partial charge on any atom is 0.305 e. The Morgan fingerprint density at radius 2 is 0.617 bits per heavy atom. The molecule has 0 bridgehead atoms. The van der Waals surface area contributed by atoms with Crippen LogP contribution < -0.4 is 5.32 Å². The van der Waals surface area contributed by atoms with Crippen molar-refractivity contribution in [1.82, 2.24) is 5.32 Å². The van der Waals surface area contributed by atoms with E-state index < -0.39 is 12.1 Å². The molecule has 2 atom stereocenters. The second-order valence-electron chi connectivity index (χ2n) is 24.9. The van der Waals surface area contributed by atoms with E-state index in [0.717, 1.165) is 57.8 Å². The van der Waals surface area contributed by atoms with Crippen LogP contribution >= 0.6 is 0 Å². The Morgan fingerprint density at radius 1 is 0.346 bits per heavy atom. The first-order valence-corrected chi connectivity index (χ1v) is 36.4. The van der Waals surface area contributed by atoms with Crippen LogP contribution in [0.5, 0.6) is 0 Å². The number of aliphatic hydroxyl groups excluding tert-OH is 2. The molecular weight excluding hydrogens is 995 g/mol. The van der Waals surface area contributed by atoms with Gasteiger partial charge in [-0.15, -0.1) is 0 Å². The fraction of sp³-hybridized carbons (Fsp3) is 0.867. The highest BCUT2D eigenvalue weighted by Gasteiger charge is 2.20.